The number of aromatic nitrogens is 1. The number of aromatic amines is 1. The third-order valence-corrected chi connectivity index (χ3v) is 3.40. The molecule has 1 aliphatic heterocycles. The number of morpholine rings is 1. The first-order chi connectivity index (χ1) is 9.42. The zero-order valence-electron chi connectivity index (χ0n) is 10.9. The van der Waals surface area contributed by atoms with Crippen molar-refractivity contribution in [2.45, 2.75) is 6.54 Å². The number of ether oxygens (including phenoxy) is 1. The van der Waals surface area contributed by atoms with Gasteiger partial charge in [0.05, 0.1) is 13.2 Å². The van der Waals surface area contributed by atoms with Crippen LogP contribution in [-0.4, -0.2) is 31.3 Å². The highest BCUT2D eigenvalue weighted by Gasteiger charge is 2.10. The molecule has 2 heterocycles. The molecule has 0 aliphatic carbocycles. The van der Waals surface area contributed by atoms with Crippen molar-refractivity contribution in [3.05, 3.63) is 48.3 Å². The molecule has 2 N–H and O–H groups in total. The quantitative estimate of drug-likeness (QED) is 0.884. The Balaban J connectivity index is 1.58. The van der Waals surface area contributed by atoms with E-state index in [1.807, 2.05) is 12.4 Å². The number of hydrogen-bond donors (Lipinski definition) is 2. The van der Waals surface area contributed by atoms with Crippen LogP contribution in [-0.2, 0) is 11.3 Å². The van der Waals surface area contributed by atoms with Crippen LogP contribution in [0.3, 0.4) is 0 Å². The van der Waals surface area contributed by atoms with E-state index in [1.54, 1.807) is 0 Å². The summed E-state index contributed by atoms with van der Waals surface area (Å²) in [5, 5.41) is 3.41. The van der Waals surface area contributed by atoms with Crippen molar-refractivity contribution in [3.63, 3.8) is 0 Å². The summed E-state index contributed by atoms with van der Waals surface area (Å²) in [7, 11) is 0. The lowest BCUT2D eigenvalue weighted by Crippen LogP contribution is -2.36. The van der Waals surface area contributed by atoms with Crippen LogP contribution in [0.2, 0.25) is 0 Å². The van der Waals surface area contributed by atoms with Gasteiger partial charge in [0.2, 0.25) is 0 Å². The first kappa shape index (κ1) is 12.1. The maximum atomic E-state index is 5.37. The summed E-state index contributed by atoms with van der Waals surface area (Å²) >= 11 is 0. The van der Waals surface area contributed by atoms with Crippen LogP contribution < -0.4 is 10.2 Å². The van der Waals surface area contributed by atoms with Gasteiger partial charge in [-0.15, -0.1) is 0 Å². The summed E-state index contributed by atoms with van der Waals surface area (Å²) in [6, 6.07) is 10.7. The summed E-state index contributed by atoms with van der Waals surface area (Å²) in [6.07, 6.45) is 3.95. The van der Waals surface area contributed by atoms with Crippen molar-refractivity contribution in [2.75, 3.05) is 36.5 Å². The Bertz CT molecular complexity index is 487. The number of nitrogens with zero attached hydrogens (tertiary/aromatic N) is 1. The van der Waals surface area contributed by atoms with E-state index in [4.69, 9.17) is 4.74 Å². The van der Waals surface area contributed by atoms with Gasteiger partial charge in [-0.3, -0.25) is 0 Å². The summed E-state index contributed by atoms with van der Waals surface area (Å²) in [5.74, 6) is 0. The molecule has 1 saturated heterocycles. The van der Waals surface area contributed by atoms with E-state index >= 15 is 0 Å². The van der Waals surface area contributed by atoms with E-state index in [-0.39, 0.29) is 0 Å². The number of rotatable bonds is 4. The molecule has 1 fully saturated rings. The van der Waals surface area contributed by atoms with Gasteiger partial charge in [-0.05, 0) is 35.9 Å². The Labute approximate surface area is 113 Å². The summed E-state index contributed by atoms with van der Waals surface area (Å²) in [5.41, 5.74) is 3.69. The van der Waals surface area contributed by atoms with Crippen molar-refractivity contribution in [1.29, 1.82) is 0 Å². The molecule has 0 amide bonds. The van der Waals surface area contributed by atoms with Crippen LogP contribution in [0.25, 0.3) is 0 Å². The van der Waals surface area contributed by atoms with E-state index in [0.29, 0.717) is 0 Å². The number of benzene rings is 1. The SMILES string of the molecule is c1cc(CNc2ccc(N3CCOCC3)cc2)c[nH]1. The molecule has 0 unspecified atom stereocenters. The van der Waals surface area contributed by atoms with Gasteiger partial charge < -0.3 is 19.9 Å². The predicted molar refractivity (Wildman–Crippen MR) is 77.6 cm³/mol. The van der Waals surface area contributed by atoms with Crippen LogP contribution >= 0.6 is 0 Å². The zero-order valence-corrected chi connectivity index (χ0v) is 10.9. The first-order valence-corrected chi connectivity index (χ1v) is 6.70. The van der Waals surface area contributed by atoms with E-state index in [0.717, 1.165) is 38.5 Å². The molecule has 1 aliphatic rings. The van der Waals surface area contributed by atoms with Crippen molar-refractivity contribution < 1.29 is 4.74 Å². The summed E-state index contributed by atoms with van der Waals surface area (Å²) in [6.45, 7) is 4.47. The summed E-state index contributed by atoms with van der Waals surface area (Å²) in [4.78, 5) is 5.42. The normalized spacial score (nSPS) is 15.5. The van der Waals surface area contributed by atoms with Gasteiger partial charge in [-0.1, -0.05) is 0 Å². The number of hydrogen-bond acceptors (Lipinski definition) is 3. The highest BCUT2D eigenvalue weighted by molar-refractivity contribution is 5.55. The van der Waals surface area contributed by atoms with E-state index < -0.39 is 0 Å². The lowest BCUT2D eigenvalue weighted by Gasteiger charge is -2.28. The zero-order chi connectivity index (χ0) is 12.9. The molecule has 19 heavy (non-hydrogen) atoms. The van der Waals surface area contributed by atoms with Gasteiger partial charge in [-0.2, -0.15) is 0 Å². The molecule has 0 bridgehead atoms. The number of anilines is 2. The molecule has 1 aromatic carbocycles. The third-order valence-electron chi connectivity index (χ3n) is 3.40. The Hall–Kier alpha value is -1.94. The molecule has 0 saturated carbocycles. The van der Waals surface area contributed by atoms with Gasteiger partial charge in [0.15, 0.2) is 0 Å². The maximum Gasteiger partial charge on any atom is 0.0642 e. The average molecular weight is 257 g/mol. The Kier molecular flexibility index (Phi) is 3.70. The molecule has 3 rings (SSSR count). The van der Waals surface area contributed by atoms with E-state index in [2.05, 4.69) is 45.5 Å². The van der Waals surface area contributed by atoms with Crippen LogP contribution in [0.5, 0.6) is 0 Å². The molecule has 0 radical (unpaired) electrons. The van der Waals surface area contributed by atoms with Gasteiger partial charge >= 0.3 is 0 Å². The minimum Gasteiger partial charge on any atom is -0.381 e. The van der Waals surface area contributed by atoms with Crippen molar-refractivity contribution in [1.82, 2.24) is 4.98 Å². The Morgan fingerprint density at radius 3 is 2.58 bits per heavy atom. The molecule has 1 aromatic heterocycles. The lowest BCUT2D eigenvalue weighted by molar-refractivity contribution is 0.122. The molecule has 0 atom stereocenters. The smallest absolute Gasteiger partial charge is 0.0642 e. The monoisotopic (exact) mass is 257 g/mol. The van der Waals surface area contributed by atoms with Crippen molar-refractivity contribution >= 4 is 11.4 Å². The fourth-order valence-corrected chi connectivity index (χ4v) is 2.28. The highest BCUT2D eigenvalue weighted by Crippen LogP contribution is 2.19. The maximum absolute atomic E-state index is 5.37. The van der Waals surface area contributed by atoms with Crippen LogP contribution in [0, 0.1) is 0 Å². The second-order valence-corrected chi connectivity index (χ2v) is 4.72. The average Bonchev–Trinajstić information content (AvgIpc) is 3.00. The Morgan fingerprint density at radius 2 is 1.89 bits per heavy atom. The second kappa shape index (κ2) is 5.80. The largest absolute Gasteiger partial charge is 0.381 e. The van der Waals surface area contributed by atoms with Crippen molar-refractivity contribution in [3.8, 4) is 0 Å². The van der Waals surface area contributed by atoms with Crippen molar-refractivity contribution in [2.24, 2.45) is 0 Å². The minimum absolute atomic E-state index is 0.827. The van der Waals surface area contributed by atoms with Gasteiger partial charge in [0, 0.05) is 43.4 Å². The predicted octanol–water partition coefficient (Wildman–Crippen LogP) is 2.46. The third kappa shape index (κ3) is 3.09. The van der Waals surface area contributed by atoms with Crippen LogP contribution in [0.1, 0.15) is 5.56 Å². The standard InChI is InChI=1S/C15H19N3O/c1-3-15(18-7-9-19-10-8-18)4-2-14(1)17-12-13-5-6-16-11-13/h1-6,11,16-17H,7-10,12H2. The second-order valence-electron chi connectivity index (χ2n) is 4.72. The number of H-pyrrole nitrogens is 1. The summed E-state index contributed by atoms with van der Waals surface area (Å²) < 4.78 is 5.37. The van der Waals surface area contributed by atoms with Gasteiger partial charge in [0.1, 0.15) is 0 Å². The lowest BCUT2D eigenvalue weighted by atomic mass is 10.2. The topological polar surface area (TPSA) is 40.3 Å². The van der Waals surface area contributed by atoms with E-state index in [9.17, 15) is 0 Å². The molecular weight excluding hydrogens is 238 g/mol. The van der Waals surface area contributed by atoms with Crippen LogP contribution in [0.15, 0.2) is 42.7 Å². The molecule has 0 spiro atoms. The minimum atomic E-state index is 0.827. The van der Waals surface area contributed by atoms with E-state index in [1.165, 1.54) is 11.3 Å². The van der Waals surface area contributed by atoms with Crippen LogP contribution in [0.4, 0.5) is 11.4 Å². The molecule has 2 aromatic rings. The molecular formula is C15H19N3O. The number of nitrogens with one attached hydrogen (secondary N) is 2. The highest BCUT2D eigenvalue weighted by atomic mass is 16.5. The van der Waals surface area contributed by atoms with Gasteiger partial charge in [0.25, 0.3) is 0 Å². The fourth-order valence-electron chi connectivity index (χ4n) is 2.28. The molecule has 4 nitrogen and oxygen atoms in total. The van der Waals surface area contributed by atoms with Gasteiger partial charge in [-0.25, -0.2) is 0 Å². The molecule has 4 heteroatoms. The Morgan fingerprint density at radius 1 is 1.11 bits per heavy atom. The molecule has 100 valence electrons. The fraction of sp³-hybridized carbons (Fsp3) is 0.333. The first-order valence-electron chi connectivity index (χ1n) is 6.70.